The first kappa shape index (κ1) is 14.6. The third kappa shape index (κ3) is 2.84. The van der Waals surface area contributed by atoms with E-state index in [1.807, 2.05) is 36.1 Å². The summed E-state index contributed by atoms with van der Waals surface area (Å²) in [6.07, 6.45) is 4.82. The van der Waals surface area contributed by atoms with Crippen molar-refractivity contribution in [1.29, 1.82) is 0 Å². The van der Waals surface area contributed by atoms with Gasteiger partial charge in [-0.05, 0) is 32.3 Å². The third-order valence-corrected chi connectivity index (χ3v) is 4.26. The number of piperidine rings is 1. The van der Waals surface area contributed by atoms with E-state index >= 15 is 0 Å². The van der Waals surface area contributed by atoms with Crippen LogP contribution in [0.15, 0.2) is 30.5 Å². The van der Waals surface area contributed by atoms with Crippen LogP contribution in [-0.2, 0) is 9.53 Å². The van der Waals surface area contributed by atoms with Gasteiger partial charge in [0.15, 0.2) is 6.61 Å². The van der Waals surface area contributed by atoms with Crippen molar-refractivity contribution in [1.82, 2.24) is 9.88 Å². The number of esters is 1. The second-order valence-corrected chi connectivity index (χ2v) is 5.76. The molecule has 1 atom stereocenters. The third-order valence-electron chi connectivity index (χ3n) is 4.26. The molecule has 1 aliphatic heterocycles. The maximum atomic E-state index is 12.2. The van der Waals surface area contributed by atoms with E-state index in [2.05, 4.69) is 4.98 Å². The minimum Gasteiger partial charge on any atom is -0.452 e. The van der Waals surface area contributed by atoms with E-state index in [9.17, 15) is 9.59 Å². The minimum atomic E-state index is -0.463. The van der Waals surface area contributed by atoms with Crippen LogP contribution in [-0.4, -0.2) is 41.0 Å². The van der Waals surface area contributed by atoms with Crippen LogP contribution in [0.4, 0.5) is 0 Å². The Bertz CT molecular complexity index is 692. The molecule has 22 heavy (non-hydrogen) atoms. The molecular formula is C17H20N2O3. The number of rotatable bonds is 3. The largest absolute Gasteiger partial charge is 0.452 e. The van der Waals surface area contributed by atoms with Gasteiger partial charge in [-0.3, -0.25) is 4.79 Å². The minimum absolute atomic E-state index is 0.111. The summed E-state index contributed by atoms with van der Waals surface area (Å²) in [7, 11) is 0. The fraction of sp³-hybridized carbons (Fsp3) is 0.412. The molecule has 1 amide bonds. The molecule has 0 bridgehead atoms. The zero-order valence-electron chi connectivity index (χ0n) is 12.7. The van der Waals surface area contributed by atoms with E-state index in [0.717, 1.165) is 36.7 Å². The van der Waals surface area contributed by atoms with Gasteiger partial charge >= 0.3 is 5.97 Å². The Balaban J connectivity index is 1.63. The zero-order chi connectivity index (χ0) is 15.5. The van der Waals surface area contributed by atoms with Crippen molar-refractivity contribution in [3.63, 3.8) is 0 Å². The number of carbonyl (C=O) groups is 2. The number of ether oxygens (including phenoxy) is 1. The normalized spacial score (nSPS) is 18.4. The number of H-pyrrole nitrogens is 1. The van der Waals surface area contributed by atoms with Gasteiger partial charge in [0, 0.05) is 29.7 Å². The van der Waals surface area contributed by atoms with Crippen LogP contribution in [0.3, 0.4) is 0 Å². The Kier molecular flexibility index (Phi) is 4.13. The maximum absolute atomic E-state index is 12.2. The van der Waals surface area contributed by atoms with Crippen molar-refractivity contribution in [3.05, 3.63) is 36.0 Å². The highest BCUT2D eigenvalue weighted by Crippen LogP contribution is 2.19. The first-order valence-corrected chi connectivity index (χ1v) is 7.69. The summed E-state index contributed by atoms with van der Waals surface area (Å²) in [4.78, 5) is 29.2. The number of hydrogen-bond donors (Lipinski definition) is 1. The van der Waals surface area contributed by atoms with Gasteiger partial charge in [-0.15, -0.1) is 0 Å². The monoisotopic (exact) mass is 300 g/mol. The van der Waals surface area contributed by atoms with Crippen molar-refractivity contribution in [3.8, 4) is 0 Å². The molecule has 0 aliphatic carbocycles. The van der Waals surface area contributed by atoms with Crippen molar-refractivity contribution >= 4 is 22.8 Å². The van der Waals surface area contributed by atoms with Crippen LogP contribution >= 0.6 is 0 Å². The lowest BCUT2D eigenvalue weighted by Gasteiger charge is -2.33. The van der Waals surface area contributed by atoms with Crippen LogP contribution in [0.2, 0.25) is 0 Å². The number of likely N-dealkylation sites (tertiary alicyclic amines) is 1. The van der Waals surface area contributed by atoms with Crippen LogP contribution in [0.1, 0.15) is 36.5 Å². The predicted molar refractivity (Wildman–Crippen MR) is 83.6 cm³/mol. The van der Waals surface area contributed by atoms with Gasteiger partial charge in [-0.25, -0.2) is 4.79 Å². The lowest BCUT2D eigenvalue weighted by atomic mass is 10.0. The number of carbonyl (C=O) groups excluding carboxylic acids is 2. The average molecular weight is 300 g/mol. The first-order chi connectivity index (χ1) is 10.7. The Hall–Kier alpha value is -2.30. The summed E-state index contributed by atoms with van der Waals surface area (Å²) in [5.41, 5.74) is 1.35. The molecule has 1 saturated heterocycles. The quantitative estimate of drug-likeness (QED) is 0.887. The molecule has 1 aromatic heterocycles. The predicted octanol–water partition coefficient (Wildman–Crippen LogP) is 2.73. The summed E-state index contributed by atoms with van der Waals surface area (Å²) < 4.78 is 5.21. The summed E-state index contributed by atoms with van der Waals surface area (Å²) in [5, 5.41) is 0.811. The number of nitrogens with zero attached hydrogens (tertiary/aromatic N) is 1. The van der Waals surface area contributed by atoms with Gasteiger partial charge in [0.2, 0.25) is 0 Å². The number of para-hydroxylation sites is 1. The smallest absolute Gasteiger partial charge is 0.340 e. The van der Waals surface area contributed by atoms with Crippen molar-refractivity contribution in [2.75, 3.05) is 13.2 Å². The fourth-order valence-electron chi connectivity index (χ4n) is 3.00. The van der Waals surface area contributed by atoms with Crippen LogP contribution in [0.25, 0.3) is 10.9 Å². The number of benzene rings is 1. The van der Waals surface area contributed by atoms with Crippen molar-refractivity contribution in [2.24, 2.45) is 0 Å². The average Bonchev–Trinajstić information content (AvgIpc) is 2.97. The zero-order valence-corrected chi connectivity index (χ0v) is 12.7. The van der Waals surface area contributed by atoms with Crippen LogP contribution < -0.4 is 0 Å². The van der Waals surface area contributed by atoms with Gasteiger partial charge in [0.25, 0.3) is 5.91 Å². The number of hydrogen-bond acceptors (Lipinski definition) is 3. The highest BCUT2D eigenvalue weighted by atomic mass is 16.5. The van der Waals surface area contributed by atoms with Crippen molar-refractivity contribution in [2.45, 2.75) is 32.2 Å². The molecule has 0 spiro atoms. The number of aromatic amines is 1. The lowest BCUT2D eigenvalue weighted by molar-refractivity contribution is -0.137. The van der Waals surface area contributed by atoms with Crippen molar-refractivity contribution < 1.29 is 14.3 Å². The Morgan fingerprint density at radius 3 is 2.95 bits per heavy atom. The summed E-state index contributed by atoms with van der Waals surface area (Å²) >= 11 is 0. The molecular weight excluding hydrogens is 280 g/mol. The van der Waals surface area contributed by atoms with Gasteiger partial charge in [0.05, 0.1) is 5.56 Å². The lowest BCUT2D eigenvalue weighted by Crippen LogP contribution is -2.44. The SMILES string of the molecule is C[C@H]1CCCCN1C(=O)COC(=O)c1c[nH]c2ccccc12. The molecule has 1 N–H and O–H groups in total. The van der Waals surface area contributed by atoms with E-state index in [0.29, 0.717) is 5.56 Å². The molecule has 5 nitrogen and oxygen atoms in total. The van der Waals surface area contributed by atoms with E-state index < -0.39 is 5.97 Å². The molecule has 1 aromatic carbocycles. The summed E-state index contributed by atoms with van der Waals surface area (Å²) in [6, 6.07) is 7.75. The molecule has 2 heterocycles. The Labute approximate surface area is 129 Å². The van der Waals surface area contributed by atoms with E-state index in [1.165, 1.54) is 0 Å². The highest BCUT2D eigenvalue weighted by Gasteiger charge is 2.24. The first-order valence-electron chi connectivity index (χ1n) is 7.69. The number of nitrogens with one attached hydrogen (secondary N) is 1. The molecule has 1 aliphatic rings. The standard InChI is InChI=1S/C17H20N2O3/c1-12-6-4-5-9-19(12)16(20)11-22-17(21)14-10-18-15-8-3-2-7-13(14)15/h2-3,7-8,10,12,18H,4-6,9,11H2,1H3/t12-/m0/s1. The number of fused-ring (bicyclic) bond motifs is 1. The molecule has 0 radical (unpaired) electrons. The molecule has 116 valence electrons. The molecule has 2 aromatic rings. The van der Waals surface area contributed by atoms with Crippen LogP contribution in [0.5, 0.6) is 0 Å². The van der Waals surface area contributed by atoms with Gasteiger partial charge in [0.1, 0.15) is 0 Å². The highest BCUT2D eigenvalue weighted by molar-refractivity contribution is 6.04. The Morgan fingerprint density at radius 2 is 2.14 bits per heavy atom. The molecule has 0 unspecified atom stereocenters. The van der Waals surface area contributed by atoms with E-state index in [1.54, 1.807) is 6.20 Å². The van der Waals surface area contributed by atoms with E-state index in [-0.39, 0.29) is 18.6 Å². The number of amides is 1. The molecule has 1 fully saturated rings. The number of aromatic nitrogens is 1. The molecule has 0 saturated carbocycles. The second kappa shape index (κ2) is 6.22. The maximum Gasteiger partial charge on any atom is 0.340 e. The van der Waals surface area contributed by atoms with E-state index in [4.69, 9.17) is 4.74 Å². The second-order valence-electron chi connectivity index (χ2n) is 5.76. The fourth-order valence-corrected chi connectivity index (χ4v) is 3.00. The van der Waals surface area contributed by atoms with Gasteiger partial charge in [-0.2, -0.15) is 0 Å². The van der Waals surface area contributed by atoms with Crippen LogP contribution in [0, 0.1) is 0 Å². The van der Waals surface area contributed by atoms with Gasteiger partial charge < -0.3 is 14.6 Å². The summed E-state index contributed by atoms with van der Waals surface area (Å²) in [5.74, 6) is -0.573. The summed E-state index contributed by atoms with van der Waals surface area (Å²) in [6.45, 7) is 2.60. The van der Waals surface area contributed by atoms with Gasteiger partial charge in [-0.1, -0.05) is 18.2 Å². The Morgan fingerprint density at radius 1 is 1.32 bits per heavy atom. The topological polar surface area (TPSA) is 62.4 Å². The molecule has 3 rings (SSSR count). The molecule has 5 heteroatoms.